The van der Waals surface area contributed by atoms with Gasteiger partial charge < -0.3 is 10.2 Å². The fourth-order valence-electron chi connectivity index (χ4n) is 6.50. The fourth-order valence-corrected chi connectivity index (χ4v) is 6.50. The second-order valence-corrected chi connectivity index (χ2v) is 9.07. The topological polar surface area (TPSA) is 45.2 Å². The zero-order valence-electron chi connectivity index (χ0n) is 15.0. The van der Waals surface area contributed by atoms with Crippen molar-refractivity contribution in [2.45, 2.75) is 63.3 Å². The number of aromatic nitrogens is 1. The van der Waals surface area contributed by atoms with E-state index in [1.807, 2.05) is 18.3 Å². The number of nitrogens with one attached hydrogen (secondary N) is 1. The van der Waals surface area contributed by atoms with Crippen LogP contribution in [-0.2, 0) is 0 Å². The van der Waals surface area contributed by atoms with Gasteiger partial charge in [-0.05, 0) is 87.7 Å². The quantitative estimate of drug-likeness (QED) is 0.912. The lowest BCUT2D eigenvalue weighted by atomic mass is 9.53. The Hall–Kier alpha value is -1.58. The van der Waals surface area contributed by atoms with Crippen molar-refractivity contribution in [1.29, 1.82) is 0 Å². The van der Waals surface area contributed by atoms with Crippen LogP contribution >= 0.6 is 0 Å². The highest BCUT2D eigenvalue weighted by molar-refractivity contribution is 5.99. The third kappa shape index (κ3) is 2.84. The van der Waals surface area contributed by atoms with Crippen LogP contribution in [0.5, 0.6) is 0 Å². The Morgan fingerprint density at radius 1 is 1.04 bits per heavy atom. The number of amides is 1. The first kappa shape index (κ1) is 15.7. The van der Waals surface area contributed by atoms with Gasteiger partial charge in [0.25, 0.3) is 5.91 Å². The first-order valence-corrected chi connectivity index (χ1v) is 10.2. The summed E-state index contributed by atoms with van der Waals surface area (Å²) in [4.78, 5) is 20.1. The van der Waals surface area contributed by atoms with Crippen molar-refractivity contribution in [2.24, 2.45) is 17.8 Å². The number of carbonyl (C=O) groups excluding carboxylic acids is 1. The summed E-state index contributed by atoms with van der Waals surface area (Å²) >= 11 is 0. The van der Waals surface area contributed by atoms with E-state index in [4.69, 9.17) is 0 Å². The number of rotatable bonds is 3. The summed E-state index contributed by atoms with van der Waals surface area (Å²) in [5, 5.41) is 3.51. The molecule has 0 spiro atoms. The number of carbonyl (C=O) groups is 1. The van der Waals surface area contributed by atoms with Gasteiger partial charge in [0.2, 0.25) is 0 Å². The molecule has 1 saturated heterocycles. The summed E-state index contributed by atoms with van der Waals surface area (Å²) in [7, 11) is 0. The number of pyridine rings is 1. The van der Waals surface area contributed by atoms with E-state index in [9.17, 15) is 4.79 Å². The first-order chi connectivity index (χ1) is 12.2. The molecule has 1 aromatic rings. The maximum Gasteiger partial charge on any atom is 0.255 e. The summed E-state index contributed by atoms with van der Waals surface area (Å²) in [6.07, 6.45) is 13.3. The van der Waals surface area contributed by atoms with E-state index in [0.717, 1.165) is 42.2 Å². The van der Waals surface area contributed by atoms with E-state index in [1.54, 1.807) is 0 Å². The lowest BCUT2D eigenvalue weighted by molar-refractivity contribution is -0.0166. The van der Waals surface area contributed by atoms with Crippen LogP contribution in [0.1, 0.15) is 68.1 Å². The molecule has 134 valence electrons. The first-order valence-electron chi connectivity index (χ1n) is 10.2. The molecule has 25 heavy (non-hydrogen) atoms. The van der Waals surface area contributed by atoms with E-state index >= 15 is 0 Å². The van der Waals surface area contributed by atoms with Crippen molar-refractivity contribution in [1.82, 2.24) is 10.3 Å². The molecular weight excluding hydrogens is 310 g/mol. The third-order valence-corrected chi connectivity index (χ3v) is 7.10. The van der Waals surface area contributed by atoms with Crippen molar-refractivity contribution in [2.75, 3.05) is 18.0 Å². The molecule has 0 aromatic carbocycles. The van der Waals surface area contributed by atoms with Gasteiger partial charge in [-0.2, -0.15) is 0 Å². The van der Waals surface area contributed by atoms with Crippen LogP contribution < -0.4 is 10.2 Å². The molecule has 1 N–H and O–H groups in total. The molecule has 5 aliphatic rings. The Morgan fingerprint density at radius 2 is 1.68 bits per heavy atom. The van der Waals surface area contributed by atoms with Gasteiger partial charge in [0.1, 0.15) is 5.82 Å². The predicted octanol–water partition coefficient (Wildman–Crippen LogP) is 3.77. The summed E-state index contributed by atoms with van der Waals surface area (Å²) in [5.41, 5.74) is 0.848. The van der Waals surface area contributed by atoms with E-state index in [0.29, 0.717) is 0 Å². The molecule has 0 atom stereocenters. The zero-order valence-corrected chi connectivity index (χ0v) is 15.0. The van der Waals surface area contributed by atoms with Gasteiger partial charge in [-0.1, -0.05) is 0 Å². The number of piperidine rings is 1. The lowest BCUT2D eigenvalue weighted by Crippen LogP contribution is -2.59. The van der Waals surface area contributed by atoms with Crippen molar-refractivity contribution in [3.05, 3.63) is 23.9 Å². The Labute approximate surface area is 150 Å². The summed E-state index contributed by atoms with van der Waals surface area (Å²) in [5.74, 6) is 3.55. The minimum absolute atomic E-state index is 0.0703. The van der Waals surface area contributed by atoms with Gasteiger partial charge in [-0.15, -0.1) is 0 Å². The van der Waals surface area contributed by atoms with Crippen LogP contribution in [-0.4, -0.2) is 29.5 Å². The normalized spacial score (nSPS) is 36.5. The number of hydrogen-bond donors (Lipinski definition) is 1. The SMILES string of the molecule is O=C(NC12CC3CC(CC(C3)C1)C2)c1cccnc1N1CCCCC1. The lowest BCUT2D eigenvalue weighted by Gasteiger charge is -2.56. The van der Waals surface area contributed by atoms with Crippen molar-refractivity contribution >= 4 is 11.7 Å². The maximum absolute atomic E-state index is 13.2. The monoisotopic (exact) mass is 339 g/mol. The average molecular weight is 339 g/mol. The number of nitrogens with zero attached hydrogens (tertiary/aromatic N) is 2. The van der Waals surface area contributed by atoms with Crippen LogP contribution in [0.15, 0.2) is 18.3 Å². The van der Waals surface area contributed by atoms with Crippen LogP contribution in [0, 0.1) is 17.8 Å². The summed E-state index contributed by atoms with van der Waals surface area (Å²) in [6, 6.07) is 3.87. The second-order valence-electron chi connectivity index (χ2n) is 9.07. The van der Waals surface area contributed by atoms with Crippen molar-refractivity contribution in [3.63, 3.8) is 0 Å². The Kier molecular flexibility index (Phi) is 3.76. The van der Waals surface area contributed by atoms with Gasteiger partial charge in [0.15, 0.2) is 0 Å². The molecule has 4 heteroatoms. The molecule has 1 aliphatic heterocycles. The largest absolute Gasteiger partial charge is 0.356 e. The molecule has 4 bridgehead atoms. The van der Waals surface area contributed by atoms with E-state index < -0.39 is 0 Å². The highest BCUT2D eigenvalue weighted by Crippen LogP contribution is 2.55. The molecule has 2 heterocycles. The molecule has 0 radical (unpaired) electrons. The van der Waals surface area contributed by atoms with Gasteiger partial charge in [-0.25, -0.2) is 4.98 Å². The van der Waals surface area contributed by atoms with Crippen molar-refractivity contribution in [3.8, 4) is 0 Å². The highest BCUT2D eigenvalue weighted by atomic mass is 16.1. The van der Waals surface area contributed by atoms with Crippen LogP contribution in [0.3, 0.4) is 0 Å². The molecule has 5 fully saturated rings. The van der Waals surface area contributed by atoms with Crippen LogP contribution in [0.4, 0.5) is 5.82 Å². The Bertz CT molecular complexity index is 630. The minimum Gasteiger partial charge on any atom is -0.356 e. The van der Waals surface area contributed by atoms with Crippen LogP contribution in [0.25, 0.3) is 0 Å². The number of anilines is 1. The van der Waals surface area contributed by atoms with Crippen LogP contribution in [0.2, 0.25) is 0 Å². The highest BCUT2D eigenvalue weighted by Gasteiger charge is 2.51. The van der Waals surface area contributed by atoms with Gasteiger partial charge in [-0.3, -0.25) is 4.79 Å². The number of hydrogen-bond acceptors (Lipinski definition) is 3. The zero-order chi connectivity index (χ0) is 16.9. The Balaban J connectivity index is 1.38. The molecule has 1 aromatic heterocycles. The molecule has 4 aliphatic carbocycles. The summed E-state index contributed by atoms with van der Waals surface area (Å²) in [6.45, 7) is 2.04. The average Bonchev–Trinajstić information content (AvgIpc) is 2.61. The molecule has 4 nitrogen and oxygen atoms in total. The minimum atomic E-state index is 0.0703. The molecule has 1 amide bonds. The molecule has 0 unspecified atom stereocenters. The molecular formula is C21H29N3O. The Morgan fingerprint density at radius 3 is 2.32 bits per heavy atom. The van der Waals surface area contributed by atoms with Gasteiger partial charge >= 0.3 is 0 Å². The standard InChI is InChI=1S/C21H29N3O/c25-20(18-5-4-6-22-19(18)24-7-2-1-3-8-24)23-21-12-15-9-16(13-21)11-17(10-15)14-21/h4-6,15-17H,1-3,7-14H2,(H,23,25). The van der Waals surface area contributed by atoms with Gasteiger partial charge in [0, 0.05) is 24.8 Å². The van der Waals surface area contributed by atoms with E-state index in [-0.39, 0.29) is 11.4 Å². The van der Waals surface area contributed by atoms with Gasteiger partial charge in [0.05, 0.1) is 5.56 Å². The third-order valence-electron chi connectivity index (χ3n) is 7.10. The van der Waals surface area contributed by atoms with E-state index in [1.165, 1.54) is 57.8 Å². The smallest absolute Gasteiger partial charge is 0.255 e. The van der Waals surface area contributed by atoms with E-state index in [2.05, 4.69) is 15.2 Å². The predicted molar refractivity (Wildman–Crippen MR) is 98.7 cm³/mol. The summed E-state index contributed by atoms with van der Waals surface area (Å²) < 4.78 is 0. The second kappa shape index (κ2) is 6.00. The molecule has 6 rings (SSSR count). The van der Waals surface area contributed by atoms with Crippen molar-refractivity contribution < 1.29 is 4.79 Å². The maximum atomic E-state index is 13.2. The molecule has 4 saturated carbocycles. The fraction of sp³-hybridized carbons (Fsp3) is 0.714.